The smallest absolute Gasteiger partial charge is 0.548 e. The van der Waals surface area contributed by atoms with Crippen molar-refractivity contribution in [2.75, 3.05) is 19.4 Å². The summed E-state index contributed by atoms with van der Waals surface area (Å²) in [6, 6.07) is -1.12. The Bertz CT molecular complexity index is 310. The molecule has 0 aliphatic heterocycles. The molecule has 0 aromatic carbocycles. The van der Waals surface area contributed by atoms with Crippen LogP contribution in [-0.2, 0) is 18.7 Å². The minimum Gasteiger partial charge on any atom is -0.548 e. The Morgan fingerprint density at radius 1 is 1.47 bits per heavy atom. The molecule has 0 fully saturated rings. The first-order valence-corrected chi connectivity index (χ1v) is 7.23. The normalized spacial score (nSPS) is 15.2. The van der Waals surface area contributed by atoms with Crippen LogP contribution in [0.25, 0.3) is 0 Å². The molecule has 0 spiro atoms. The Kier molecular flexibility index (Phi) is 10.4. The Balaban J connectivity index is 0. The number of amides is 1. The summed E-state index contributed by atoms with van der Waals surface area (Å²) in [6.07, 6.45) is 0.134. The van der Waals surface area contributed by atoms with E-state index in [0.29, 0.717) is 6.61 Å². The van der Waals surface area contributed by atoms with Crippen molar-refractivity contribution in [3.05, 3.63) is 0 Å². The SMILES string of the molecule is CCOP(C)(=O)CCC(NC(C)=O)C(=O)[O-].[Na+]. The summed E-state index contributed by atoms with van der Waals surface area (Å²) in [5.41, 5.74) is 0. The number of aliphatic carboxylic acids is 1. The molecule has 0 bridgehead atoms. The largest absolute Gasteiger partial charge is 1.00 e. The van der Waals surface area contributed by atoms with Gasteiger partial charge in [-0.15, -0.1) is 0 Å². The monoisotopic (exact) mass is 273 g/mol. The molecule has 0 aromatic rings. The van der Waals surface area contributed by atoms with Crippen LogP contribution >= 0.6 is 7.37 Å². The molecule has 0 heterocycles. The molecule has 0 aliphatic carbocycles. The van der Waals surface area contributed by atoms with Gasteiger partial charge in [-0.25, -0.2) is 0 Å². The molecule has 6 nitrogen and oxygen atoms in total. The fraction of sp³-hybridized carbons (Fsp3) is 0.778. The zero-order valence-corrected chi connectivity index (χ0v) is 13.6. The van der Waals surface area contributed by atoms with Crippen molar-refractivity contribution in [2.24, 2.45) is 0 Å². The fourth-order valence-corrected chi connectivity index (χ4v) is 2.60. The molecule has 0 aromatic heterocycles. The second-order valence-corrected chi connectivity index (χ2v) is 6.25. The maximum atomic E-state index is 11.7. The summed E-state index contributed by atoms with van der Waals surface area (Å²) in [5, 5.41) is 12.9. The third-order valence-electron chi connectivity index (χ3n) is 1.89. The third-order valence-corrected chi connectivity index (χ3v) is 3.76. The summed E-state index contributed by atoms with van der Waals surface area (Å²) >= 11 is 0. The number of rotatable bonds is 7. The quantitative estimate of drug-likeness (QED) is 0.385. The van der Waals surface area contributed by atoms with Gasteiger partial charge in [-0.2, -0.15) is 0 Å². The van der Waals surface area contributed by atoms with Gasteiger partial charge in [0.15, 0.2) is 7.37 Å². The van der Waals surface area contributed by atoms with E-state index < -0.39 is 25.3 Å². The zero-order valence-electron chi connectivity index (χ0n) is 10.7. The van der Waals surface area contributed by atoms with Crippen molar-refractivity contribution in [3.63, 3.8) is 0 Å². The van der Waals surface area contributed by atoms with Crippen LogP contribution in [-0.4, -0.2) is 37.4 Å². The van der Waals surface area contributed by atoms with E-state index in [2.05, 4.69) is 5.32 Å². The number of hydrogen-bond donors (Lipinski definition) is 1. The molecule has 94 valence electrons. The van der Waals surface area contributed by atoms with E-state index in [-0.39, 0.29) is 42.1 Å². The van der Waals surface area contributed by atoms with E-state index in [4.69, 9.17) is 4.52 Å². The van der Waals surface area contributed by atoms with E-state index >= 15 is 0 Å². The van der Waals surface area contributed by atoms with Crippen LogP contribution in [0.3, 0.4) is 0 Å². The summed E-state index contributed by atoms with van der Waals surface area (Å²) in [5.74, 6) is -1.84. The van der Waals surface area contributed by atoms with Gasteiger partial charge in [0.2, 0.25) is 5.91 Å². The van der Waals surface area contributed by atoms with E-state index in [1.165, 1.54) is 13.6 Å². The fourth-order valence-electron chi connectivity index (χ4n) is 1.20. The number of carboxylic acid groups (broad SMARTS) is 1. The molecule has 2 atom stereocenters. The van der Waals surface area contributed by atoms with Crippen molar-refractivity contribution in [2.45, 2.75) is 26.3 Å². The van der Waals surface area contributed by atoms with Crippen LogP contribution < -0.4 is 40.0 Å². The Hall–Kier alpha value is 0.130. The van der Waals surface area contributed by atoms with Crippen molar-refractivity contribution in [1.29, 1.82) is 0 Å². The van der Waals surface area contributed by atoms with Gasteiger partial charge in [0.05, 0.1) is 18.6 Å². The standard InChI is InChI=1S/C9H18NO5P.Na/c1-4-15-16(3,14)6-5-8(9(12)13)10-7(2)11;/h8H,4-6H2,1-3H3,(H,10,11)(H,12,13);/q;+1/p-1. The number of carbonyl (C=O) groups excluding carboxylic acids is 2. The maximum Gasteiger partial charge on any atom is 1.00 e. The molecule has 1 amide bonds. The molecule has 0 rings (SSSR count). The summed E-state index contributed by atoms with van der Waals surface area (Å²) in [4.78, 5) is 21.4. The van der Waals surface area contributed by atoms with Crippen LogP contribution in [0.15, 0.2) is 0 Å². The average molecular weight is 273 g/mol. The molecule has 17 heavy (non-hydrogen) atoms. The van der Waals surface area contributed by atoms with Gasteiger partial charge in [0.25, 0.3) is 0 Å². The first-order valence-electron chi connectivity index (χ1n) is 4.97. The van der Waals surface area contributed by atoms with Gasteiger partial charge in [-0.3, -0.25) is 9.36 Å². The van der Waals surface area contributed by atoms with Crippen LogP contribution in [0.2, 0.25) is 0 Å². The number of carbonyl (C=O) groups is 2. The first-order chi connectivity index (χ1) is 7.28. The molecular weight excluding hydrogens is 256 g/mol. The van der Waals surface area contributed by atoms with Crippen molar-refractivity contribution < 1.29 is 53.3 Å². The number of carboxylic acids is 1. The number of hydrogen-bond acceptors (Lipinski definition) is 5. The minimum absolute atomic E-state index is 0. The number of nitrogens with one attached hydrogen (secondary N) is 1. The van der Waals surface area contributed by atoms with E-state index in [1.54, 1.807) is 6.92 Å². The van der Waals surface area contributed by atoms with E-state index in [0.717, 1.165) is 0 Å². The van der Waals surface area contributed by atoms with Crippen LogP contribution in [0.1, 0.15) is 20.3 Å². The van der Waals surface area contributed by atoms with Crippen LogP contribution in [0.5, 0.6) is 0 Å². The molecule has 0 aliphatic rings. The second kappa shape index (κ2) is 9.11. The van der Waals surface area contributed by atoms with Gasteiger partial charge >= 0.3 is 29.6 Å². The summed E-state index contributed by atoms with van der Waals surface area (Å²) < 4.78 is 16.7. The molecule has 0 saturated heterocycles. The molecule has 1 N–H and O–H groups in total. The van der Waals surface area contributed by atoms with Crippen molar-refractivity contribution in [1.82, 2.24) is 5.32 Å². The predicted octanol–water partition coefficient (Wildman–Crippen LogP) is -3.42. The molecular formula is C9H17NNaO5P. The zero-order chi connectivity index (χ0) is 12.8. The maximum absolute atomic E-state index is 11.7. The topological polar surface area (TPSA) is 95.5 Å². The Labute approximate surface area is 123 Å². The van der Waals surface area contributed by atoms with Gasteiger partial charge in [-0.05, 0) is 13.3 Å². The predicted molar refractivity (Wildman–Crippen MR) is 57.3 cm³/mol. The third kappa shape index (κ3) is 9.80. The van der Waals surface area contributed by atoms with Crippen molar-refractivity contribution >= 4 is 19.2 Å². The van der Waals surface area contributed by atoms with Gasteiger partial charge < -0.3 is 19.7 Å². The summed E-state index contributed by atoms with van der Waals surface area (Å²) in [6.45, 7) is 4.67. The summed E-state index contributed by atoms with van der Waals surface area (Å²) in [7, 11) is -2.77. The Morgan fingerprint density at radius 2 is 2.00 bits per heavy atom. The molecule has 0 radical (unpaired) electrons. The first kappa shape index (κ1) is 19.5. The minimum atomic E-state index is -2.77. The molecule has 8 heteroatoms. The van der Waals surface area contributed by atoms with Gasteiger partial charge in [0.1, 0.15) is 0 Å². The van der Waals surface area contributed by atoms with Crippen LogP contribution in [0, 0.1) is 0 Å². The van der Waals surface area contributed by atoms with Crippen LogP contribution in [0.4, 0.5) is 0 Å². The van der Waals surface area contributed by atoms with Crippen molar-refractivity contribution in [3.8, 4) is 0 Å². The second-order valence-electron chi connectivity index (χ2n) is 3.52. The van der Waals surface area contributed by atoms with E-state index in [9.17, 15) is 19.3 Å². The van der Waals surface area contributed by atoms with Gasteiger partial charge in [0, 0.05) is 19.8 Å². The van der Waals surface area contributed by atoms with E-state index in [1.807, 2.05) is 0 Å². The van der Waals surface area contributed by atoms with Gasteiger partial charge in [-0.1, -0.05) is 0 Å². The molecule has 0 saturated carbocycles. The Morgan fingerprint density at radius 3 is 2.35 bits per heavy atom. The average Bonchev–Trinajstić information content (AvgIpc) is 2.11. The molecule has 2 unspecified atom stereocenters.